The van der Waals surface area contributed by atoms with E-state index in [0.29, 0.717) is 18.7 Å². The van der Waals surface area contributed by atoms with E-state index in [0.717, 1.165) is 42.0 Å². The van der Waals surface area contributed by atoms with Gasteiger partial charge < -0.3 is 19.1 Å². The number of likely N-dealkylation sites (N-methyl/N-ethyl adjacent to an activating group) is 1. The molecule has 1 aromatic carbocycles. The van der Waals surface area contributed by atoms with E-state index >= 15 is 0 Å². The number of nitrogens with zero attached hydrogens (tertiary/aromatic N) is 4. The van der Waals surface area contributed by atoms with E-state index in [4.69, 9.17) is 14.2 Å². The summed E-state index contributed by atoms with van der Waals surface area (Å²) in [5, 5.41) is 29.6. The number of carbonyl (C=O) groups excluding carboxylic acids is 1. The van der Waals surface area contributed by atoms with E-state index in [1.165, 1.54) is 205 Å². The summed E-state index contributed by atoms with van der Waals surface area (Å²) in [7, 11) is 2.02. The van der Waals surface area contributed by atoms with Gasteiger partial charge in [-0.15, -0.1) is 45.3 Å². The predicted octanol–water partition coefficient (Wildman–Crippen LogP) is 21.2. The van der Waals surface area contributed by atoms with E-state index in [-0.39, 0.29) is 16.9 Å². The van der Waals surface area contributed by atoms with Gasteiger partial charge in [0.25, 0.3) is 0 Å². The average molecular weight is 1140 g/mol. The summed E-state index contributed by atoms with van der Waals surface area (Å²) in [6.45, 7) is 12.7. The maximum Gasteiger partial charge on any atom is 0.330 e. The summed E-state index contributed by atoms with van der Waals surface area (Å²) >= 11 is 7.41. The first kappa shape index (κ1) is 61.5. The summed E-state index contributed by atoms with van der Waals surface area (Å²) < 4.78 is 24.2. The Morgan fingerprint density at radius 2 is 1.18 bits per heavy atom. The molecule has 0 amide bonds. The number of rotatable bonds is 36. The van der Waals surface area contributed by atoms with Crippen LogP contribution in [0.25, 0.3) is 45.1 Å². The number of hydrogen-bond acceptors (Lipinski definition) is 12. The zero-order valence-corrected chi connectivity index (χ0v) is 51.4. The molecule has 0 spiro atoms. The topological polar surface area (TPSA) is 119 Å². The highest BCUT2D eigenvalue weighted by molar-refractivity contribution is 7.35. The maximum atomic E-state index is 11.7. The lowest BCUT2D eigenvalue weighted by molar-refractivity contribution is -0.137. The Labute approximate surface area is 489 Å². The van der Waals surface area contributed by atoms with Gasteiger partial charge in [-0.3, -0.25) is 0 Å². The summed E-state index contributed by atoms with van der Waals surface area (Å²) in [6.07, 6.45) is 41.4. The molecule has 4 aromatic heterocycles. The molecule has 0 unspecified atom stereocenters. The highest BCUT2D eigenvalue weighted by atomic mass is 32.1. The molecule has 8 nitrogen and oxygen atoms in total. The fourth-order valence-electron chi connectivity index (χ4n) is 11.4. The van der Waals surface area contributed by atoms with Crippen LogP contribution in [0.2, 0.25) is 0 Å². The number of fused-ring (bicyclic) bond motifs is 7. The van der Waals surface area contributed by atoms with Crippen molar-refractivity contribution in [2.45, 2.75) is 219 Å². The highest BCUT2D eigenvalue weighted by Crippen LogP contribution is 2.62. The molecule has 0 radical (unpaired) electrons. The van der Waals surface area contributed by atoms with Gasteiger partial charge in [0.1, 0.15) is 41.6 Å². The van der Waals surface area contributed by atoms with E-state index in [2.05, 4.69) is 67.8 Å². The zero-order valence-electron chi connectivity index (χ0n) is 48.2. The van der Waals surface area contributed by atoms with Gasteiger partial charge in [-0.05, 0) is 75.4 Å². The summed E-state index contributed by atoms with van der Waals surface area (Å²) in [5.41, 5.74) is 2.99. The van der Waals surface area contributed by atoms with E-state index in [9.17, 15) is 20.6 Å². The molecule has 0 N–H and O–H groups in total. The van der Waals surface area contributed by atoms with Crippen LogP contribution >= 0.6 is 45.3 Å². The van der Waals surface area contributed by atoms with Crippen LogP contribution in [0.3, 0.4) is 0 Å². The largest absolute Gasteiger partial charge is 0.480 e. The first-order valence-corrected chi connectivity index (χ1v) is 33.3. The van der Waals surface area contributed by atoms with Gasteiger partial charge in [-0.2, -0.15) is 15.8 Å². The number of allylic oxidation sites excluding steroid dienone is 2. The summed E-state index contributed by atoms with van der Waals surface area (Å²) in [5.74, 6) is 0.670. The van der Waals surface area contributed by atoms with Crippen molar-refractivity contribution in [2.75, 3.05) is 25.1 Å². The minimum Gasteiger partial charge on any atom is -0.480 e. The number of benzene rings is 1. The van der Waals surface area contributed by atoms with Crippen LogP contribution in [-0.4, -0.2) is 31.8 Å². The Hall–Kier alpha value is -5.16. The predicted molar refractivity (Wildman–Crippen MR) is 336 cm³/mol. The Balaban J connectivity index is 1.17. The van der Waals surface area contributed by atoms with Crippen LogP contribution in [-0.2, 0) is 19.9 Å². The van der Waals surface area contributed by atoms with E-state index in [1.54, 1.807) is 11.3 Å². The average Bonchev–Trinajstić information content (AvgIpc) is 3.38. The Morgan fingerprint density at radius 1 is 0.658 bits per heavy atom. The van der Waals surface area contributed by atoms with Crippen LogP contribution in [0.15, 0.2) is 77.6 Å². The Kier molecular flexibility index (Phi) is 24.2. The molecule has 2 aliphatic heterocycles. The summed E-state index contributed by atoms with van der Waals surface area (Å²) in [6, 6.07) is 19.5. The third kappa shape index (κ3) is 16.3. The van der Waals surface area contributed by atoms with Gasteiger partial charge in [0.2, 0.25) is 0 Å². The van der Waals surface area contributed by atoms with Crippen LogP contribution < -0.4 is 9.64 Å². The van der Waals surface area contributed by atoms with Crippen LogP contribution in [0, 0.1) is 34.0 Å². The number of hydrogen-bond donors (Lipinski definition) is 0. The van der Waals surface area contributed by atoms with Gasteiger partial charge in [0.15, 0.2) is 17.1 Å². The van der Waals surface area contributed by atoms with Crippen LogP contribution in [0.5, 0.6) is 5.75 Å². The number of anilines is 1. The SMILES string of the molecule is C=CC(=O)OCCN(C)c1ccc(-c2cc3sc4c(c3s2)C(CCCCCCCCCCCCCCC)(CCCCCCCCCCCCCCC)Oc2c-4sc3cc(/C=C/C4=C(C#N)C(=C(C#N)C#N)OC4(C)C)sc23)cc1. The maximum absolute atomic E-state index is 11.7. The molecule has 0 saturated heterocycles. The fraction of sp³-hybridized carbons (Fsp3) is 0.552. The first-order chi connectivity index (χ1) is 38.5. The number of carbonyl (C=O) groups is 1. The number of esters is 1. The van der Waals surface area contributed by atoms with Crippen molar-refractivity contribution >= 4 is 81.9 Å². The van der Waals surface area contributed by atoms with Gasteiger partial charge in [0.05, 0.1) is 30.4 Å². The lowest BCUT2D eigenvalue weighted by Crippen LogP contribution is -2.35. The van der Waals surface area contributed by atoms with Crippen molar-refractivity contribution in [3.63, 3.8) is 0 Å². The third-order valence-electron chi connectivity index (χ3n) is 15.9. The standard InChI is InChI=1S/C67H86N4O4S4/c1-7-10-12-14-16-18-20-22-24-26-28-30-32-40-67(41-33-31-29-27-25-23-21-19-17-15-13-11-8-2)59-62-57(45-55(77-62)49-34-36-51(37-35-49)71(6)42-43-73-58(72)9-3)78-64(59)65-61(75-67)63-56(79-65)44-52(76-63)38-39-54-53(48-70)60(50(46-68)47-69)74-66(54,4)5/h9,34-39,44-45H,3,7-8,10-33,40-43H2,1-2,4-6H3/b39-38+. The van der Waals surface area contributed by atoms with E-state index in [1.807, 2.05) is 79.2 Å². The second kappa shape index (κ2) is 31.2. The Morgan fingerprint density at radius 3 is 1.70 bits per heavy atom. The summed E-state index contributed by atoms with van der Waals surface area (Å²) in [4.78, 5) is 18.7. The molecule has 6 heterocycles. The Bertz CT molecular complexity index is 2970. The monoisotopic (exact) mass is 1140 g/mol. The number of ether oxygens (including phenoxy) is 3. The molecule has 0 bridgehead atoms. The normalized spacial score (nSPS) is 14.2. The molecule has 7 rings (SSSR count). The van der Waals surface area contributed by atoms with Crippen molar-refractivity contribution < 1.29 is 19.0 Å². The number of thiophene rings is 4. The molecular weight excluding hydrogens is 1050 g/mol. The molecular formula is C67H86N4O4S4. The second-order valence-corrected chi connectivity index (χ2v) is 26.6. The van der Waals surface area contributed by atoms with Gasteiger partial charge in [0, 0.05) is 44.4 Å². The van der Waals surface area contributed by atoms with E-state index < -0.39 is 17.2 Å². The van der Waals surface area contributed by atoms with Crippen molar-refractivity contribution in [1.82, 2.24) is 0 Å². The van der Waals surface area contributed by atoms with Crippen molar-refractivity contribution in [1.29, 1.82) is 15.8 Å². The molecule has 79 heavy (non-hydrogen) atoms. The lowest BCUT2D eigenvalue weighted by Gasteiger charge is -2.39. The van der Waals surface area contributed by atoms with Gasteiger partial charge in [-0.1, -0.05) is 193 Å². The zero-order chi connectivity index (χ0) is 56.0. The second-order valence-electron chi connectivity index (χ2n) is 22.4. The van der Waals surface area contributed by atoms with Gasteiger partial charge >= 0.3 is 5.97 Å². The van der Waals surface area contributed by atoms with Crippen molar-refractivity contribution in [2.24, 2.45) is 0 Å². The van der Waals surface area contributed by atoms with Crippen molar-refractivity contribution in [3.8, 4) is 44.2 Å². The minimum absolute atomic E-state index is 0.0528. The third-order valence-corrected chi connectivity index (χ3v) is 20.9. The molecule has 0 fully saturated rings. The molecule has 0 atom stereocenters. The van der Waals surface area contributed by atoms with Crippen LogP contribution in [0.4, 0.5) is 5.69 Å². The van der Waals surface area contributed by atoms with Gasteiger partial charge in [-0.25, -0.2) is 4.79 Å². The number of unbranched alkanes of at least 4 members (excludes halogenated alkanes) is 24. The molecule has 2 aliphatic rings. The molecule has 0 aliphatic carbocycles. The first-order valence-electron chi connectivity index (χ1n) is 30.0. The minimum atomic E-state index is -0.888. The quantitative estimate of drug-likeness (QED) is 0.0168. The highest BCUT2D eigenvalue weighted by Gasteiger charge is 2.45. The number of nitriles is 3. The van der Waals surface area contributed by atoms with Crippen LogP contribution in [0.1, 0.15) is 218 Å². The molecule has 422 valence electrons. The van der Waals surface area contributed by atoms with Crippen molar-refractivity contribution in [3.05, 3.63) is 88.0 Å². The fourth-order valence-corrected chi connectivity index (χ4v) is 16.8. The lowest BCUT2D eigenvalue weighted by atomic mass is 9.81. The molecule has 0 saturated carbocycles. The molecule has 5 aromatic rings. The molecule has 12 heteroatoms. The smallest absolute Gasteiger partial charge is 0.330 e.